The van der Waals surface area contributed by atoms with Gasteiger partial charge in [0.25, 0.3) is 15.9 Å². The zero-order valence-corrected chi connectivity index (χ0v) is 16.9. The number of amides is 1. The molecule has 1 aliphatic carbocycles. The normalized spacial score (nSPS) is 19.8. The first-order valence-corrected chi connectivity index (χ1v) is 10.9. The molecular weight excluding hydrogens is 376 g/mol. The number of carbonyl (C=O) groups excluding carboxylic acids is 1. The van der Waals surface area contributed by atoms with E-state index in [9.17, 15) is 18.3 Å². The largest absolute Gasteiger partial charge is 0.393 e. The van der Waals surface area contributed by atoms with Crippen molar-refractivity contribution in [3.05, 3.63) is 59.2 Å². The highest BCUT2D eigenvalue weighted by atomic mass is 32.2. The van der Waals surface area contributed by atoms with Crippen LogP contribution in [-0.2, 0) is 10.0 Å². The van der Waals surface area contributed by atoms with Gasteiger partial charge in [0.15, 0.2) is 0 Å². The molecule has 2 aromatic rings. The van der Waals surface area contributed by atoms with Crippen LogP contribution < -0.4 is 10.0 Å². The van der Waals surface area contributed by atoms with Gasteiger partial charge in [0.05, 0.1) is 11.0 Å². The van der Waals surface area contributed by atoms with Gasteiger partial charge in [0.1, 0.15) is 0 Å². The zero-order valence-electron chi connectivity index (χ0n) is 16.1. The number of sulfonamides is 1. The average Bonchev–Trinajstić information content (AvgIpc) is 2.63. The van der Waals surface area contributed by atoms with E-state index >= 15 is 0 Å². The van der Waals surface area contributed by atoms with Crippen LogP contribution in [0, 0.1) is 13.8 Å². The Morgan fingerprint density at radius 1 is 1.04 bits per heavy atom. The maximum absolute atomic E-state index is 12.8. The number of hydrogen-bond acceptors (Lipinski definition) is 4. The summed E-state index contributed by atoms with van der Waals surface area (Å²) in [6.45, 7) is 3.67. The maximum atomic E-state index is 12.8. The number of anilines is 1. The molecule has 0 spiro atoms. The molecule has 3 N–H and O–H groups in total. The minimum Gasteiger partial charge on any atom is -0.393 e. The van der Waals surface area contributed by atoms with Crippen LogP contribution in [0.4, 0.5) is 5.69 Å². The van der Waals surface area contributed by atoms with Gasteiger partial charge >= 0.3 is 0 Å². The highest BCUT2D eigenvalue weighted by Crippen LogP contribution is 2.22. The Morgan fingerprint density at radius 2 is 1.75 bits per heavy atom. The lowest BCUT2D eigenvalue weighted by molar-refractivity contribution is 0.0867. The SMILES string of the molecule is Cc1cccc(NS(=O)(=O)c2ccc(C)c(C(=O)NC3CCC(O)CC3)c2)c1. The van der Waals surface area contributed by atoms with E-state index < -0.39 is 10.0 Å². The van der Waals surface area contributed by atoms with Gasteiger partial charge in [0, 0.05) is 17.3 Å². The van der Waals surface area contributed by atoms with E-state index in [-0.39, 0.29) is 22.9 Å². The third-order valence-corrected chi connectivity index (χ3v) is 6.45. The first-order valence-electron chi connectivity index (χ1n) is 9.43. The van der Waals surface area contributed by atoms with E-state index in [1.165, 1.54) is 12.1 Å². The minimum absolute atomic E-state index is 0.000909. The fraction of sp³-hybridized carbons (Fsp3) is 0.381. The molecule has 0 radical (unpaired) electrons. The van der Waals surface area contributed by atoms with Crippen molar-refractivity contribution in [3.63, 3.8) is 0 Å². The second-order valence-corrected chi connectivity index (χ2v) is 9.11. The van der Waals surface area contributed by atoms with Crippen molar-refractivity contribution in [3.8, 4) is 0 Å². The molecule has 1 saturated carbocycles. The van der Waals surface area contributed by atoms with E-state index in [0.717, 1.165) is 18.4 Å². The predicted octanol–water partition coefficient (Wildman–Crippen LogP) is 3.14. The van der Waals surface area contributed by atoms with Crippen molar-refractivity contribution in [2.45, 2.75) is 56.6 Å². The Morgan fingerprint density at radius 3 is 2.43 bits per heavy atom. The number of hydrogen-bond donors (Lipinski definition) is 3. The molecule has 2 aromatic carbocycles. The molecule has 1 aliphatic rings. The van der Waals surface area contributed by atoms with Crippen molar-refractivity contribution in [2.75, 3.05) is 4.72 Å². The highest BCUT2D eigenvalue weighted by molar-refractivity contribution is 7.92. The second kappa shape index (κ2) is 8.32. The Kier molecular flexibility index (Phi) is 6.05. The number of nitrogens with one attached hydrogen (secondary N) is 2. The van der Waals surface area contributed by atoms with Crippen molar-refractivity contribution < 1.29 is 18.3 Å². The summed E-state index contributed by atoms with van der Waals surface area (Å²) >= 11 is 0. The maximum Gasteiger partial charge on any atom is 0.261 e. The van der Waals surface area contributed by atoms with E-state index in [4.69, 9.17) is 0 Å². The zero-order chi connectivity index (χ0) is 20.3. The van der Waals surface area contributed by atoms with E-state index in [0.29, 0.717) is 29.7 Å². The van der Waals surface area contributed by atoms with Crippen molar-refractivity contribution in [2.24, 2.45) is 0 Å². The van der Waals surface area contributed by atoms with Crippen LogP contribution in [-0.4, -0.2) is 31.6 Å². The Balaban J connectivity index is 1.79. The summed E-state index contributed by atoms with van der Waals surface area (Å²) in [5, 5.41) is 12.6. The third kappa shape index (κ3) is 4.91. The predicted molar refractivity (Wildman–Crippen MR) is 109 cm³/mol. The molecule has 150 valence electrons. The van der Waals surface area contributed by atoms with Gasteiger partial charge in [-0.3, -0.25) is 9.52 Å². The van der Waals surface area contributed by atoms with Crippen molar-refractivity contribution in [1.29, 1.82) is 0 Å². The van der Waals surface area contributed by atoms with Gasteiger partial charge in [-0.25, -0.2) is 8.42 Å². The van der Waals surface area contributed by atoms with Crippen LogP contribution in [0.15, 0.2) is 47.4 Å². The lowest BCUT2D eigenvalue weighted by Gasteiger charge is -2.26. The lowest BCUT2D eigenvalue weighted by Crippen LogP contribution is -2.38. The average molecular weight is 403 g/mol. The summed E-state index contributed by atoms with van der Waals surface area (Å²) < 4.78 is 28.1. The number of rotatable bonds is 5. The van der Waals surface area contributed by atoms with E-state index in [2.05, 4.69) is 10.0 Å². The lowest BCUT2D eigenvalue weighted by atomic mass is 9.93. The number of aryl methyl sites for hydroxylation is 2. The Labute approximate surface area is 166 Å². The van der Waals surface area contributed by atoms with Crippen LogP contribution in [0.25, 0.3) is 0 Å². The summed E-state index contributed by atoms with van der Waals surface area (Å²) in [5.74, 6) is -0.286. The van der Waals surface area contributed by atoms with Crippen LogP contribution in [0.1, 0.15) is 47.2 Å². The molecule has 6 nitrogen and oxygen atoms in total. The van der Waals surface area contributed by atoms with Gasteiger partial charge in [-0.1, -0.05) is 18.2 Å². The first kappa shape index (κ1) is 20.4. The molecule has 7 heteroatoms. The molecule has 28 heavy (non-hydrogen) atoms. The van der Waals surface area contributed by atoms with Gasteiger partial charge in [-0.2, -0.15) is 0 Å². The molecule has 0 bridgehead atoms. The van der Waals surface area contributed by atoms with Gasteiger partial charge in [0.2, 0.25) is 0 Å². The number of carbonyl (C=O) groups is 1. The molecule has 0 atom stereocenters. The van der Waals surface area contributed by atoms with Crippen LogP contribution in [0.5, 0.6) is 0 Å². The van der Waals surface area contributed by atoms with Gasteiger partial charge in [-0.15, -0.1) is 0 Å². The van der Waals surface area contributed by atoms with Gasteiger partial charge < -0.3 is 10.4 Å². The monoisotopic (exact) mass is 402 g/mol. The van der Waals surface area contributed by atoms with Crippen molar-refractivity contribution in [1.82, 2.24) is 5.32 Å². The standard InChI is InChI=1S/C21H26N2O4S/c1-14-4-3-5-17(12-14)23-28(26,27)19-11-6-15(2)20(13-19)21(25)22-16-7-9-18(24)10-8-16/h3-6,11-13,16,18,23-24H,7-10H2,1-2H3,(H,22,25). The fourth-order valence-corrected chi connectivity index (χ4v) is 4.49. The first-order chi connectivity index (χ1) is 13.2. The molecule has 1 amide bonds. The Hall–Kier alpha value is -2.38. The van der Waals surface area contributed by atoms with Crippen LogP contribution in [0.2, 0.25) is 0 Å². The molecule has 1 fully saturated rings. The molecule has 0 aromatic heterocycles. The number of aliphatic hydroxyl groups excluding tert-OH is 1. The molecular formula is C21H26N2O4S. The second-order valence-electron chi connectivity index (χ2n) is 7.43. The number of benzene rings is 2. The smallest absolute Gasteiger partial charge is 0.261 e. The van der Waals surface area contributed by atoms with E-state index in [1.54, 1.807) is 31.2 Å². The Bertz CT molecular complexity index is 964. The summed E-state index contributed by atoms with van der Waals surface area (Å²) in [6.07, 6.45) is 2.48. The third-order valence-electron chi connectivity index (χ3n) is 5.07. The molecule has 0 heterocycles. The number of aliphatic hydroxyl groups is 1. The highest BCUT2D eigenvalue weighted by Gasteiger charge is 2.23. The molecule has 3 rings (SSSR count). The van der Waals surface area contributed by atoms with Crippen molar-refractivity contribution >= 4 is 21.6 Å². The summed E-state index contributed by atoms with van der Waals surface area (Å²) in [6, 6.07) is 11.7. The fourth-order valence-electron chi connectivity index (χ4n) is 3.42. The summed E-state index contributed by atoms with van der Waals surface area (Å²) in [5.41, 5.74) is 2.48. The van der Waals surface area contributed by atoms with Crippen LogP contribution in [0.3, 0.4) is 0 Å². The van der Waals surface area contributed by atoms with Gasteiger partial charge in [-0.05, 0) is 74.9 Å². The topological polar surface area (TPSA) is 95.5 Å². The van der Waals surface area contributed by atoms with Crippen LogP contribution >= 0.6 is 0 Å². The molecule has 0 saturated heterocycles. The quantitative estimate of drug-likeness (QED) is 0.716. The summed E-state index contributed by atoms with van der Waals surface area (Å²) in [7, 11) is -3.81. The minimum atomic E-state index is -3.81. The summed E-state index contributed by atoms with van der Waals surface area (Å²) in [4.78, 5) is 12.8. The molecule has 0 aliphatic heterocycles. The van der Waals surface area contributed by atoms with E-state index in [1.807, 2.05) is 13.0 Å². The molecule has 0 unspecified atom stereocenters.